The first-order chi connectivity index (χ1) is 8.98. The Bertz CT molecular complexity index is 389. The third kappa shape index (κ3) is 3.10. The molecule has 0 aromatic heterocycles. The van der Waals surface area contributed by atoms with Gasteiger partial charge < -0.3 is 14.7 Å². The zero-order chi connectivity index (χ0) is 15.7. The van der Waals surface area contributed by atoms with E-state index in [0.717, 1.165) is 0 Å². The van der Waals surface area contributed by atoms with Crippen molar-refractivity contribution in [1.82, 2.24) is 14.7 Å². The Morgan fingerprint density at radius 3 is 1.65 bits per heavy atom. The molecule has 1 heterocycles. The van der Waals surface area contributed by atoms with Gasteiger partial charge >= 0.3 is 24.0 Å². The summed E-state index contributed by atoms with van der Waals surface area (Å²) in [5.74, 6) is -7.68. The van der Waals surface area contributed by atoms with Gasteiger partial charge in [-0.2, -0.15) is 22.0 Å². The number of hydrogen-bond acceptors (Lipinski definition) is 2. The monoisotopic (exact) mass is 303 g/mol. The summed E-state index contributed by atoms with van der Waals surface area (Å²) < 4.78 is 62.0. The second kappa shape index (κ2) is 5.41. The molecule has 116 valence electrons. The first-order valence-electron chi connectivity index (χ1n) is 5.68. The maximum Gasteiger partial charge on any atom is 0.463 e. The second-order valence-corrected chi connectivity index (χ2v) is 4.53. The van der Waals surface area contributed by atoms with Gasteiger partial charge in [-0.3, -0.25) is 4.79 Å². The van der Waals surface area contributed by atoms with Gasteiger partial charge in [0.05, 0.1) is 0 Å². The maximum absolute atomic E-state index is 12.9. The molecule has 10 heteroatoms. The van der Waals surface area contributed by atoms with Gasteiger partial charge in [-0.15, -0.1) is 0 Å². The van der Waals surface area contributed by atoms with Crippen molar-refractivity contribution < 1.29 is 31.5 Å². The van der Waals surface area contributed by atoms with Gasteiger partial charge in [0, 0.05) is 40.3 Å². The molecule has 0 N–H and O–H groups in total. The third-order valence-electron chi connectivity index (χ3n) is 2.84. The summed E-state index contributed by atoms with van der Waals surface area (Å²) >= 11 is 0. The fourth-order valence-electron chi connectivity index (χ4n) is 1.70. The van der Waals surface area contributed by atoms with Crippen LogP contribution in [0.5, 0.6) is 0 Å². The van der Waals surface area contributed by atoms with E-state index in [1.54, 1.807) is 0 Å². The van der Waals surface area contributed by atoms with E-state index in [2.05, 4.69) is 0 Å². The number of hydrogen-bond donors (Lipinski definition) is 0. The van der Waals surface area contributed by atoms with Crippen LogP contribution in [0.25, 0.3) is 0 Å². The molecule has 20 heavy (non-hydrogen) atoms. The summed E-state index contributed by atoms with van der Waals surface area (Å²) in [6.07, 6.45) is -5.92. The third-order valence-corrected chi connectivity index (χ3v) is 2.84. The van der Waals surface area contributed by atoms with Crippen molar-refractivity contribution in [3.63, 3.8) is 0 Å². The predicted octanol–water partition coefficient (Wildman–Crippen LogP) is 1.01. The van der Waals surface area contributed by atoms with E-state index in [4.69, 9.17) is 0 Å². The molecule has 1 aliphatic heterocycles. The number of urea groups is 1. The number of carbonyl (C=O) groups is 2. The summed E-state index contributed by atoms with van der Waals surface area (Å²) in [4.78, 5) is 25.7. The maximum atomic E-state index is 12.9. The lowest BCUT2D eigenvalue weighted by atomic mass is 10.2. The van der Waals surface area contributed by atoms with Crippen molar-refractivity contribution in [2.75, 3.05) is 40.3 Å². The minimum atomic E-state index is -5.92. The Kier molecular flexibility index (Phi) is 4.45. The highest BCUT2D eigenvalue weighted by Gasteiger charge is 2.64. The minimum Gasteiger partial charge on any atom is -0.334 e. The normalized spacial score (nSPS) is 17.1. The van der Waals surface area contributed by atoms with Crippen LogP contribution in [0.2, 0.25) is 0 Å². The van der Waals surface area contributed by atoms with E-state index < -0.39 is 18.0 Å². The summed E-state index contributed by atoms with van der Waals surface area (Å²) in [5.41, 5.74) is 0. The molecule has 5 nitrogen and oxygen atoms in total. The fourth-order valence-corrected chi connectivity index (χ4v) is 1.70. The van der Waals surface area contributed by atoms with E-state index in [0.29, 0.717) is 4.90 Å². The zero-order valence-corrected chi connectivity index (χ0v) is 10.9. The van der Waals surface area contributed by atoms with Crippen LogP contribution in [0, 0.1) is 0 Å². The Balaban J connectivity index is 2.67. The van der Waals surface area contributed by atoms with Gasteiger partial charge in [-0.25, -0.2) is 4.79 Å². The smallest absolute Gasteiger partial charge is 0.334 e. The standard InChI is InChI=1S/C10H14F5N3O2/c1-16(2)8(20)18-5-3-17(4-6-18)7(19)9(11,12)10(13,14)15/h3-6H2,1-2H3. The Morgan fingerprint density at radius 1 is 0.900 bits per heavy atom. The molecule has 0 aromatic rings. The minimum absolute atomic E-state index is 0.0866. The van der Waals surface area contributed by atoms with Crippen molar-refractivity contribution in [2.24, 2.45) is 0 Å². The Labute approximate surface area is 111 Å². The average molecular weight is 303 g/mol. The molecule has 0 unspecified atom stereocenters. The van der Waals surface area contributed by atoms with Crippen LogP contribution in [0.15, 0.2) is 0 Å². The lowest BCUT2D eigenvalue weighted by molar-refractivity contribution is -0.274. The summed E-state index contributed by atoms with van der Waals surface area (Å²) in [6.45, 7) is -0.887. The molecular formula is C10H14F5N3O2. The molecule has 0 saturated carbocycles. The van der Waals surface area contributed by atoms with Gasteiger partial charge in [0.15, 0.2) is 0 Å². The molecule has 1 rings (SSSR count). The first kappa shape index (κ1) is 16.4. The van der Waals surface area contributed by atoms with Gasteiger partial charge in [-0.05, 0) is 0 Å². The van der Waals surface area contributed by atoms with Crippen molar-refractivity contribution in [1.29, 1.82) is 0 Å². The van der Waals surface area contributed by atoms with Gasteiger partial charge in [0.25, 0.3) is 0 Å². The van der Waals surface area contributed by atoms with Crippen LogP contribution in [0.3, 0.4) is 0 Å². The number of nitrogens with zero attached hydrogens (tertiary/aromatic N) is 3. The first-order valence-corrected chi connectivity index (χ1v) is 5.68. The lowest BCUT2D eigenvalue weighted by Gasteiger charge is -2.37. The molecule has 0 radical (unpaired) electrons. The molecule has 0 atom stereocenters. The largest absolute Gasteiger partial charge is 0.463 e. The van der Waals surface area contributed by atoms with Crippen LogP contribution < -0.4 is 0 Å². The Hall–Kier alpha value is -1.61. The number of carbonyl (C=O) groups excluding carboxylic acids is 2. The van der Waals surface area contributed by atoms with Crippen LogP contribution in [0.1, 0.15) is 0 Å². The summed E-state index contributed by atoms with van der Waals surface area (Å²) in [6, 6.07) is -0.389. The molecule has 0 aliphatic carbocycles. The molecule has 1 fully saturated rings. The van der Waals surface area contributed by atoms with E-state index >= 15 is 0 Å². The quantitative estimate of drug-likeness (QED) is 0.679. The van der Waals surface area contributed by atoms with Crippen molar-refractivity contribution >= 4 is 11.9 Å². The highest BCUT2D eigenvalue weighted by Crippen LogP contribution is 2.37. The summed E-state index contributed by atoms with van der Waals surface area (Å²) in [5, 5.41) is 0. The van der Waals surface area contributed by atoms with Crippen LogP contribution in [-0.2, 0) is 4.79 Å². The van der Waals surface area contributed by atoms with Crippen LogP contribution >= 0.6 is 0 Å². The highest BCUT2D eigenvalue weighted by atomic mass is 19.4. The predicted molar refractivity (Wildman–Crippen MR) is 58.2 cm³/mol. The van der Waals surface area contributed by atoms with Crippen LogP contribution in [-0.4, -0.2) is 79.0 Å². The second-order valence-electron chi connectivity index (χ2n) is 4.53. The molecule has 0 bridgehead atoms. The fraction of sp³-hybridized carbons (Fsp3) is 0.800. The number of halogens is 5. The van der Waals surface area contributed by atoms with E-state index in [1.807, 2.05) is 0 Å². The molecule has 1 aliphatic rings. The highest BCUT2D eigenvalue weighted by molar-refractivity contribution is 5.84. The average Bonchev–Trinajstić information content (AvgIpc) is 2.35. The molecule has 3 amide bonds. The molecule has 0 spiro atoms. The topological polar surface area (TPSA) is 43.9 Å². The molecule has 1 saturated heterocycles. The van der Waals surface area contributed by atoms with E-state index in [1.165, 1.54) is 23.9 Å². The van der Waals surface area contributed by atoms with Crippen molar-refractivity contribution in [3.8, 4) is 0 Å². The van der Waals surface area contributed by atoms with Gasteiger partial charge in [0.1, 0.15) is 0 Å². The Morgan fingerprint density at radius 2 is 1.30 bits per heavy atom. The zero-order valence-electron chi connectivity index (χ0n) is 10.9. The van der Waals surface area contributed by atoms with Gasteiger partial charge in [-0.1, -0.05) is 0 Å². The molecule has 0 aromatic carbocycles. The lowest BCUT2D eigenvalue weighted by Crippen LogP contribution is -2.58. The number of piperazine rings is 1. The van der Waals surface area contributed by atoms with E-state index in [9.17, 15) is 31.5 Å². The van der Waals surface area contributed by atoms with E-state index in [-0.39, 0.29) is 32.2 Å². The van der Waals surface area contributed by atoms with Crippen molar-refractivity contribution in [2.45, 2.75) is 12.1 Å². The molecular weight excluding hydrogens is 289 g/mol. The van der Waals surface area contributed by atoms with Crippen LogP contribution in [0.4, 0.5) is 26.7 Å². The van der Waals surface area contributed by atoms with Gasteiger partial charge in [0.2, 0.25) is 0 Å². The number of rotatable bonds is 1. The number of alkyl halides is 5. The van der Waals surface area contributed by atoms with Crippen molar-refractivity contribution in [3.05, 3.63) is 0 Å². The summed E-state index contributed by atoms with van der Waals surface area (Å²) in [7, 11) is 2.97. The SMILES string of the molecule is CN(C)C(=O)N1CCN(C(=O)C(F)(F)C(F)(F)F)CC1. The number of amides is 3.